The van der Waals surface area contributed by atoms with Crippen LogP contribution in [0.5, 0.6) is 5.75 Å². The molecule has 6 heteroatoms. The van der Waals surface area contributed by atoms with Crippen LogP contribution >= 0.6 is 27.5 Å². The number of carbonyl (C=O) groups is 1. The maximum atomic E-state index is 12.0. The van der Waals surface area contributed by atoms with Gasteiger partial charge in [0.25, 0.3) is 5.91 Å². The van der Waals surface area contributed by atoms with Gasteiger partial charge in [0.2, 0.25) is 0 Å². The molecule has 0 fully saturated rings. The predicted octanol–water partition coefficient (Wildman–Crippen LogP) is 3.90. The molecule has 2 rings (SSSR count). The zero-order valence-corrected chi connectivity index (χ0v) is 13.0. The highest BCUT2D eigenvalue weighted by atomic mass is 79.9. The van der Waals surface area contributed by atoms with Crippen molar-refractivity contribution < 1.29 is 9.53 Å². The predicted molar refractivity (Wildman–Crippen MR) is 82.1 cm³/mol. The lowest BCUT2D eigenvalue weighted by atomic mass is 10.3. The van der Waals surface area contributed by atoms with Crippen molar-refractivity contribution in [1.29, 1.82) is 0 Å². The first-order valence-corrected chi connectivity index (χ1v) is 7.07. The lowest BCUT2D eigenvalue weighted by Crippen LogP contribution is -2.30. The highest BCUT2D eigenvalue weighted by Gasteiger charge is 2.16. The molecular formula is C14H12BrClN2O2. The zero-order valence-electron chi connectivity index (χ0n) is 10.6. The second-order valence-electron chi connectivity index (χ2n) is 4.05. The quantitative estimate of drug-likeness (QED) is 0.846. The molecule has 0 spiro atoms. The Morgan fingerprint density at radius 3 is 2.90 bits per heavy atom. The topological polar surface area (TPSA) is 51.2 Å². The largest absolute Gasteiger partial charge is 0.481 e. The number of rotatable bonds is 4. The summed E-state index contributed by atoms with van der Waals surface area (Å²) in [5, 5.41) is 3.30. The molecule has 0 radical (unpaired) electrons. The highest BCUT2D eigenvalue weighted by molar-refractivity contribution is 9.10. The van der Waals surface area contributed by atoms with E-state index < -0.39 is 6.10 Å². The molecule has 1 N–H and O–H groups in total. The van der Waals surface area contributed by atoms with Gasteiger partial charge in [0.15, 0.2) is 6.10 Å². The van der Waals surface area contributed by atoms with Gasteiger partial charge in [0.05, 0.1) is 5.69 Å². The SMILES string of the molecule is CC(Oc1cccc(Cl)c1)C(=O)Nc1cccnc1Br. The van der Waals surface area contributed by atoms with Crippen LogP contribution in [0.1, 0.15) is 6.92 Å². The lowest BCUT2D eigenvalue weighted by molar-refractivity contribution is -0.122. The van der Waals surface area contributed by atoms with E-state index in [-0.39, 0.29) is 5.91 Å². The minimum Gasteiger partial charge on any atom is -0.481 e. The van der Waals surface area contributed by atoms with Gasteiger partial charge in [-0.25, -0.2) is 4.98 Å². The average Bonchev–Trinajstić information content (AvgIpc) is 2.41. The maximum Gasteiger partial charge on any atom is 0.265 e. The summed E-state index contributed by atoms with van der Waals surface area (Å²) in [5.74, 6) is 0.282. The first kappa shape index (κ1) is 14.8. The summed E-state index contributed by atoms with van der Waals surface area (Å²) in [5.41, 5.74) is 0.596. The number of amides is 1. The van der Waals surface area contributed by atoms with Crippen molar-refractivity contribution in [3.05, 3.63) is 52.2 Å². The summed E-state index contributed by atoms with van der Waals surface area (Å²) < 4.78 is 6.11. The average molecular weight is 356 g/mol. The Hall–Kier alpha value is -1.59. The molecule has 1 amide bonds. The Bertz CT molecular complexity index is 622. The van der Waals surface area contributed by atoms with E-state index in [0.717, 1.165) is 0 Å². The third-order valence-corrected chi connectivity index (χ3v) is 3.36. The molecule has 0 aliphatic heterocycles. The van der Waals surface area contributed by atoms with E-state index in [0.29, 0.717) is 21.1 Å². The minimum absolute atomic E-state index is 0.265. The standard InChI is InChI=1S/C14H12BrClN2O2/c1-9(20-11-5-2-4-10(16)8-11)14(19)18-12-6-3-7-17-13(12)15/h2-9H,1H3,(H,18,19). The van der Waals surface area contributed by atoms with Crippen molar-refractivity contribution in [1.82, 2.24) is 4.98 Å². The van der Waals surface area contributed by atoms with E-state index in [1.54, 1.807) is 49.5 Å². The summed E-state index contributed by atoms with van der Waals surface area (Å²) >= 11 is 9.13. The summed E-state index contributed by atoms with van der Waals surface area (Å²) in [6.45, 7) is 1.67. The van der Waals surface area contributed by atoms with Crippen molar-refractivity contribution in [2.24, 2.45) is 0 Å². The fraction of sp³-hybridized carbons (Fsp3) is 0.143. The van der Waals surface area contributed by atoms with Crippen molar-refractivity contribution >= 4 is 39.1 Å². The number of anilines is 1. The van der Waals surface area contributed by atoms with Crippen LogP contribution < -0.4 is 10.1 Å². The van der Waals surface area contributed by atoms with Gasteiger partial charge in [-0.3, -0.25) is 4.79 Å². The van der Waals surface area contributed by atoms with Gasteiger partial charge in [0, 0.05) is 11.2 Å². The molecule has 4 nitrogen and oxygen atoms in total. The number of aromatic nitrogens is 1. The monoisotopic (exact) mass is 354 g/mol. The normalized spacial score (nSPS) is 11.8. The molecule has 1 aromatic heterocycles. The molecular weight excluding hydrogens is 344 g/mol. The molecule has 0 aliphatic carbocycles. The number of halogens is 2. The molecule has 1 unspecified atom stereocenters. The molecule has 1 atom stereocenters. The summed E-state index contributed by atoms with van der Waals surface area (Å²) in [7, 11) is 0. The number of nitrogens with zero attached hydrogens (tertiary/aromatic N) is 1. The highest BCUT2D eigenvalue weighted by Crippen LogP contribution is 2.20. The van der Waals surface area contributed by atoms with E-state index in [9.17, 15) is 4.79 Å². The second kappa shape index (κ2) is 6.72. The number of ether oxygens (including phenoxy) is 1. The van der Waals surface area contributed by atoms with E-state index in [2.05, 4.69) is 26.2 Å². The van der Waals surface area contributed by atoms with Gasteiger partial charge in [0.1, 0.15) is 10.4 Å². The van der Waals surface area contributed by atoms with Crippen LogP contribution in [0.15, 0.2) is 47.2 Å². The minimum atomic E-state index is -0.652. The molecule has 104 valence electrons. The third kappa shape index (κ3) is 3.95. The van der Waals surface area contributed by atoms with Gasteiger partial charge in [-0.2, -0.15) is 0 Å². The second-order valence-corrected chi connectivity index (χ2v) is 5.24. The molecule has 0 aliphatic rings. The summed E-state index contributed by atoms with van der Waals surface area (Å²) in [6.07, 6.45) is 0.978. The zero-order chi connectivity index (χ0) is 14.5. The molecule has 1 aromatic carbocycles. The number of carbonyl (C=O) groups excluding carboxylic acids is 1. The van der Waals surface area contributed by atoms with Crippen molar-refractivity contribution in [2.45, 2.75) is 13.0 Å². The van der Waals surface area contributed by atoms with E-state index in [1.165, 1.54) is 0 Å². The number of hydrogen-bond acceptors (Lipinski definition) is 3. The third-order valence-electron chi connectivity index (χ3n) is 2.50. The maximum absolute atomic E-state index is 12.0. The smallest absolute Gasteiger partial charge is 0.265 e. The molecule has 0 bridgehead atoms. The van der Waals surface area contributed by atoms with E-state index in [1.807, 2.05) is 0 Å². The number of benzene rings is 1. The van der Waals surface area contributed by atoms with E-state index >= 15 is 0 Å². The summed E-state index contributed by atoms with van der Waals surface area (Å²) in [4.78, 5) is 16.1. The molecule has 1 heterocycles. The van der Waals surface area contributed by atoms with Crippen molar-refractivity contribution in [3.63, 3.8) is 0 Å². The van der Waals surface area contributed by atoms with Gasteiger partial charge < -0.3 is 10.1 Å². The fourth-order valence-corrected chi connectivity index (χ4v) is 2.04. The first-order valence-electron chi connectivity index (χ1n) is 5.90. The number of nitrogens with one attached hydrogen (secondary N) is 1. The van der Waals surface area contributed by atoms with Crippen LogP contribution in [-0.2, 0) is 4.79 Å². The van der Waals surface area contributed by atoms with Crippen LogP contribution in [0, 0.1) is 0 Å². The Balaban J connectivity index is 2.01. The van der Waals surface area contributed by atoms with Crippen LogP contribution in [-0.4, -0.2) is 17.0 Å². The molecule has 0 saturated carbocycles. The fourth-order valence-electron chi connectivity index (χ4n) is 1.51. The molecule has 20 heavy (non-hydrogen) atoms. The Labute approximate surface area is 130 Å². The lowest BCUT2D eigenvalue weighted by Gasteiger charge is -2.15. The van der Waals surface area contributed by atoms with Gasteiger partial charge >= 0.3 is 0 Å². The van der Waals surface area contributed by atoms with E-state index in [4.69, 9.17) is 16.3 Å². The molecule has 0 saturated heterocycles. The van der Waals surface area contributed by atoms with Gasteiger partial charge in [-0.1, -0.05) is 17.7 Å². The Morgan fingerprint density at radius 2 is 2.20 bits per heavy atom. The number of pyridine rings is 1. The Kier molecular flexibility index (Phi) is 4.98. The van der Waals surface area contributed by atoms with Crippen molar-refractivity contribution in [2.75, 3.05) is 5.32 Å². The van der Waals surface area contributed by atoms with Crippen LogP contribution in [0.2, 0.25) is 5.02 Å². The van der Waals surface area contributed by atoms with Crippen LogP contribution in [0.3, 0.4) is 0 Å². The van der Waals surface area contributed by atoms with Crippen LogP contribution in [0.4, 0.5) is 5.69 Å². The van der Waals surface area contributed by atoms with Gasteiger partial charge in [-0.05, 0) is 53.2 Å². The summed E-state index contributed by atoms with van der Waals surface area (Å²) in [6, 6.07) is 10.4. The van der Waals surface area contributed by atoms with Gasteiger partial charge in [-0.15, -0.1) is 0 Å². The van der Waals surface area contributed by atoms with Crippen LogP contribution in [0.25, 0.3) is 0 Å². The number of hydrogen-bond donors (Lipinski definition) is 1. The molecule has 2 aromatic rings. The Morgan fingerprint density at radius 1 is 1.40 bits per heavy atom. The van der Waals surface area contributed by atoms with Crippen molar-refractivity contribution in [3.8, 4) is 5.75 Å². The first-order chi connectivity index (χ1) is 9.56.